The van der Waals surface area contributed by atoms with Crippen molar-refractivity contribution in [1.82, 2.24) is 24.6 Å². The maximum Gasteiger partial charge on any atom is 0.259 e. The smallest absolute Gasteiger partial charge is 0.259 e. The van der Waals surface area contributed by atoms with E-state index >= 15 is 0 Å². The highest BCUT2D eigenvalue weighted by atomic mass is 35.5. The lowest BCUT2D eigenvalue weighted by Gasteiger charge is -2.42. The van der Waals surface area contributed by atoms with Gasteiger partial charge in [0.1, 0.15) is 0 Å². The summed E-state index contributed by atoms with van der Waals surface area (Å²) in [6.45, 7) is 7.34. The summed E-state index contributed by atoms with van der Waals surface area (Å²) in [7, 11) is 0. The molecule has 0 spiro atoms. The largest absolute Gasteiger partial charge is 0.379 e. The number of nitrogens with zero attached hydrogens (tertiary/aromatic N) is 6. The molecule has 5 rings (SSSR count). The molecule has 3 atom stereocenters. The van der Waals surface area contributed by atoms with Gasteiger partial charge >= 0.3 is 0 Å². The fourth-order valence-electron chi connectivity index (χ4n) is 5.67. The van der Waals surface area contributed by atoms with Crippen molar-refractivity contribution >= 4 is 24.0 Å². The molecule has 1 saturated carbocycles. The maximum atomic E-state index is 13.1. The molecule has 2 aliphatic rings. The molecule has 4 heterocycles. The summed E-state index contributed by atoms with van der Waals surface area (Å²) < 4.78 is 7.24. The molecule has 1 aliphatic carbocycles. The second kappa shape index (κ2) is 13.2. The van der Waals surface area contributed by atoms with Crippen LogP contribution < -0.4 is 5.32 Å². The Hall–Kier alpha value is -3.32. The first-order chi connectivity index (χ1) is 18.6. The molecule has 39 heavy (non-hydrogen) atoms. The Morgan fingerprint density at radius 3 is 2.62 bits per heavy atom. The van der Waals surface area contributed by atoms with Crippen molar-refractivity contribution in [3.8, 4) is 11.9 Å². The van der Waals surface area contributed by atoms with Crippen molar-refractivity contribution in [2.45, 2.75) is 57.9 Å². The van der Waals surface area contributed by atoms with Crippen molar-refractivity contribution in [3.05, 3.63) is 65.4 Å². The van der Waals surface area contributed by atoms with Gasteiger partial charge in [0.25, 0.3) is 5.91 Å². The van der Waals surface area contributed by atoms with Crippen LogP contribution in [0.5, 0.6) is 0 Å². The molecule has 0 radical (unpaired) electrons. The van der Waals surface area contributed by atoms with Crippen LogP contribution in [0.1, 0.15) is 65.8 Å². The number of aromatic nitrogens is 4. The highest BCUT2D eigenvalue weighted by molar-refractivity contribution is 6.04. The first-order valence-electron chi connectivity index (χ1n) is 13.6. The molecular weight excluding hydrogens is 514 g/mol. The Morgan fingerprint density at radius 2 is 1.95 bits per heavy atom. The minimum absolute atomic E-state index is 0. The van der Waals surface area contributed by atoms with Crippen LogP contribution in [-0.2, 0) is 11.2 Å². The lowest BCUT2D eigenvalue weighted by atomic mass is 9.76. The van der Waals surface area contributed by atoms with E-state index in [9.17, 15) is 10.1 Å². The molecule has 1 aliphatic heterocycles. The Balaban J connectivity index is 0.00000353. The molecule has 1 saturated heterocycles. The predicted molar refractivity (Wildman–Crippen MR) is 151 cm³/mol. The summed E-state index contributed by atoms with van der Waals surface area (Å²) in [5, 5.41) is 16.9. The monoisotopic (exact) mass is 549 g/mol. The van der Waals surface area contributed by atoms with Crippen LogP contribution >= 0.6 is 12.4 Å². The third kappa shape index (κ3) is 6.47. The van der Waals surface area contributed by atoms with Gasteiger partial charge in [0.05, 0.1) is 48.6 Å². The Bertz CT molecular complexity index is 1280. The Morgan fingerprint density at radius 1 is 1.13 bits per heavy atom. The number of carbonyl (C=O) groups is 1. The van der Waals surface area contributed by atoms with Gasteiger partial charge in [0, 0.05) is 42.9 Å². The average Bonchev–Trinajstić information content (AvgIpc) is 3.35. The number of pyridine rings is 2. The van der Waals surface area contributed by atoms with Crippen molar-refractivity contribution in [2.75, 3.05) is 31.6 Å². The van der Waals surface area contributed by atoms with E-state index in [0.29, 0.717) is 23.1 Å². The van der Waals surface area contributed by atoms with E-state index in [1.54, 1.807) is 17.1 Å². The van der Waals surface area contributed by atoms with Crippen LogP contribution in [0.2, 0.25) is 0 Å². The number of ether oxygens (including phenoxy) is 1. The van der Waals surface area contributed by atoms with Gasteiger partial charge in [-0.2, -0.15) is 10.4 Å². The van der Waals surface area contributed by atoms with E-state index in [4.69, 9.17) is 9.72 Å². The number of morpholine rings is 1. The van der Waals surface area contributed by atoms with Crippen molar-refractivity contribution in [3.63, 3.8) is 0 Å². The molecule has 206 valence electrons. The molecule has 1 N–H and O–H groups in total. The van der Waals surface area contributed by atoms with E-state index in [-0.39, 0.29) is 30.2 Å². The fraction of sp³-hybridized carbons (Fsp3) is 0.483. The first-order valence-corrected chi connectivity index (χ1v) is 13.6. The quantitative estimate of drug-likeness (QED) is 0.454. The van der Waals surface area contributed by atoms with Crippen LogP contribution in [0, 0.1) is 24.2 Å². The summed E-state index contributed by atoms with van der Waals surface area (Å²) >= 11 is 0. The molecule has 2 fully saturated rings. The van der Waals surface area contributed by atoms with Gasteiger partial charge in [-0.1, -0.05) is 19.4 Å². The summed E-state index contributed by atoms with van der Waals surface area (Å²) in [5.41, 5.74) is 4.00. The van der Waals surface area contributed by atoms with Gasteiger partial charge in [0.15, 0.2) is 5.82 Å². The molecule has 0 bridgehead atoms. The number of halogens is 1. The average molecular weight is 550 g/mol. The zero-order chi connectivity index (χ0) is 26.5. The van der Waals surface area contributed by atoms with Crippen molar-refractivity contribution in [1.29, 1.82) is 5.26 Å². The summed E-state index contributed by atoms with van der Waals surface area (Å²) in [6, 6.07) is 10.7. The van der Waals surface area contributed by atoms with E-state index in [1.165, 1.54) is 5.56 Å². The number of hydrogen-bond acceptors (Lipinski definition) is 7. The third-order valence-electron chi connectivity index (χ3n) is 7.75. The lowest BCUT2D eigenvalue weighted by molar-refractivity contribution is 0.0000694. The van der Waals surface area contributed by atoms with Gasteiger partial charge in [-0.3, -0.25) is 14.7 Å². The predicted octanol–water partition coefficient (Wildman–Crippen LogP) is 4.71. The molecule has 1 amide bonds. The number of anilines is 1. The number of rotatable bonds is 7. The fourth-order valence-corrected chi connectivity index (χ4v) is 5.67. The van der Waals surface area contributed by atoms with Gasteiger partial charge in [-0.25, -0.2) is 9.67 Å². The van der Waals surface area contributed by atoms with Crippen molar-refractivity contribution in [2.24, 2.45) is 5.92 Å². The zero-order valence-electron chi connectivity index (χ0n) is 22.5. The number of amides is 1. The SMILES string of the molecule is CCCc1ccc(-n2ncc(C(=O)Nc3ccc(C4CC(C#N)CCC4N4CCOCC4)nc3)c2C)nc1.Cl. The normalized spacial score (nSPS) is 21.5. The van der Waals surface area contributed by atoms with Gasteiger partial charge in [-0.15, -0.1) is 12.4 Å². The number of nitriles is 1. The van der Waals surface area contributed by atoms with Crippen molar-refractivity contribution < 1.29 is 9.53 Å². The number of carbonyl (C=O) groups excluding carboxylic acids is 1. The van der Waals surface area contributed by atoms with E-state index in [2.05, 4.69) is 39.4 Å². The van der Waals surface area contributed by atoms with Crippen LogP contribution in [0.3, 0.4) is 0 Å². The van der Waals surface area contributed by atoms with E-state index in [1.807, 2.05) is 31.3 Å². The molecule has 0 aromatic carbocycles. The van der Waals surface area contributed by atoms with Crippen LogP contribution in [0.15, 0.2) is 42.9 Å². The topological polar surface area (TPSA) is 109 Å². The van der Waals surface area contributed by atoms with Gasteiger partial charge in [-0.05, 0) is 56.4 Å². The number of hydrogen-bond donors (Lipinski definition) is 1. The first kappa shape index (κ1) is 28.7. The second-order valence-electron chi connectivity index (χ2n) is 10.2. The second-order valence-corrected chi connectivity index (χ2v) is 10.2. The van der Waals surface area contributed by atoms with Crippen LogP contribution in [-0.4, -0.2) is 62.9 Å². The van der Waals surface area contributed by atoms with Crippen LogP contribution in [0.25, 0.3) is 5.82 Å². The molecule has 9 nitrogen and oxygen atoms in total. The standard InChI is InChI=1S/C29H35N7O2.ClH/c1-3-4-21-6-10-28(32-17-21)36-20(2)25(19-33-36)29(37)34-23-7-8-26(31-18-23)24-15-22(16-30)5-9-27(24)35-11-13-38-14-12-35;/h6-8,10,17-19,22,24,27H,3-5,9,11-15H2,1-2H3,(H,34,37);1H. The molecule has 3 aromatic rings. The Labute approximate surface area is 236 Å². The molecule has 10 heteroatoms. The lowest BCUT2D eigenvalue weighted by Crippen LogP contribution is -2.48. The molecule has 3 aromatic heterocycles. The minimum Gasteiger partial charge on any atom is -0.379 e. The highest BCUT2D eigenvalue weighted by Gasteiger charge is 2.36. The van der Waals surface area contributed by atoms with Gasteiger partial charge in [0.2, 0.25) is 0 Å². The van der Waals surface area contributed by atoms with E-state index < -0.39 is 0 Å². The number of aryl methyl sites for hydroxylation is 1. The summed E-state index contributed by atoms with van der Waals surface area (Å²) in [5.74, 6) is 0.688. The summed E-state index contributed by atoms with van der Waals surface area (Å²) in [6.07, 6.45) is 9.93. The summed E-state index contributed by atoms with van der Waals surface area (Å²) in [4.78, 5) is 24.8. The number of nitrogens with one attached hydrogen (secondary N) is 1. The van der Waals surface area contributed by atoms with E-state index in [0.717, 1.165) is 69.8 Å². The zero-order valence-corrected chi connectivity index (χ0v) is 23.4. The van der Waals surface area contributed by atoms with Crippen LogP contribution in [0.4, 0.5) is 5.69 Å². The third-order valence-corrected chi connectivity index (χ3v) is 7.75. The highest BCUT2D eigenvalue weighted by Crippen LogP contribution is 2.38. The maximum absolute atomic E-state index is 13.1. The van der Waals surface area contributed by atoms with Gasteiger partial charge < -0.3 is 10.1 Å². The minimum atomic E-state index is -0.237. The molecule has 3 unspecified atom stereocenters. The Kier molecular flexibility index (Phi) is 9.68. The molecular formula is C29H36ClN7O2.